The summed E-state index contributed by atoms with van der Waals surface area (Å²) >= 11 is 1.43. The Balaban J connectivity index is 0.00000341. The van der Waals surface area contributed by atoms with Crippen LogP contribution in [0.3, 0.4) is 0 Å². The summed E-state index contributed by atoms with van der Waals surface area (Å²) in [6, 6.07) is 9.19. The minimum atomic E-state index is -0.645. The van der Waals surface area contributed by atoms with E-state index in [-0.39, 0.29) is 30.1 Å². The van der Waals surface area contributed by atoms with Crippen molar-refractivity contribution in [3.05, 3.63) is 41.8 Å². The van der Waals surface area contributed by atoms with Crippen molar-refractivity contribution in [1.82, 2.24) is 20.0 Å². The van der Waals surface area contributed by atoms with Crippen molar-refractivity contribution in [2.45, 2.75) is 55.8 Å². The summed E-state index contributed by atoms with van der Waals surface area (Å²) in [7, 11) is 3.99. The minimum Gasteiger partial charge on any atom is -0.408 e. The number of ketones is 1. The van der Waals surface area contributed by atoms with Crippen molar-refractivity contribution >= 4 is 36.4 Å². The van der Waals surface area contributed by atoms with E-state index in [0.717, 1.165) is 50.0 Å². The molecule has 7 nitrogen and oxygen atoms in total. The SMILES string of the molecule is CN(C)CCSc1nnc(C(=O)C(Cc2ccccc2)N(C=O)C2CCCCC2)o1.Cl. The fourth-order valence-electron chi connectivity index (χ4n) is 3.79. The summed E-state index contributed by atoms with van der Waals surface area (Å²) in [4.78, 5) is 29.2. The zero-order valence-electron chi connectivity index (χ0n) is 18.1. The lowest BCUT2D eigenvalue weighted by Crippen LogP contribution is -2.48. The van der Waals surface area contributed by atoms with Crippen molar-refractivity contribution in [2.75, 3.05) is 26.4 Å². The maximum Gasteiger partial charge on any atom is 0.286 e. The molecule has 9 heteroatoms. The third kappa shape index (κ3) is 7.33. The lowest BCUT2D eigenvalue weighted by molar-refractivity contribution is -0.122. The molecule has 1 fully saturated rings. The third-order valence-electron chi connectivity index (χ3n) is 5.43. The molecule has 1 aromatic carbocycles. The summed E-state index contributed by atoms with van der Waals surface area (Å²) in [6.07, 6.45) is 6.44. The molecule has 1 unspecified atom stereocenters. The molecule has 1 saturated carbocycles. The summed E-state index contributed by atoms with van der Waals surface area (Å²) < 4.78 is 5.66. The summed E-state index contributed by atoms with van der Waals surface area (Å²) in [5, 5.41) is 8.40. The van der Waals surface area contributed by atoms with Crippen LogP contribution in [0.4, 0.5) is 0 Å². The molecular weight excluding hydrogens is 436 g/mol. The standard InChI is InChI=1S/C22H30N4O3S.ClH/c1-25(2)13-14-30-22-24-23-21(29-22)20(28)19(15-17-9-5-3-6-10-17)26(16-27)18-11-7-4-8-12-18;/h3,5-6,9-10,16,18-19H,4,7-8,11-15H2,1-2H3;1H. The molecule has 2 aromatic rings. The number of nitrogens with zero attached hydrogens (tertiary/aromatic N) is 4. The van der Waals surface area contributed by atoms with Gasteiger partial charge >= 0.3 is 0 Å². The second-order valence-electron chi connectivity index (χ2n) is 7.94. The van der Waals surface area contributed by atoms with Crippen molar-refractivity contribution in [3.63, 3.8) is 0 Å². The first-order valence-electron chi connectivity index (χ1n) is 10.5. The number of hydrogen-bond acceptors (Lipinski definition) is 7. The number of Topliss-reactive ketones (excluding diaryl/α,β-unsaturated/α-hetero) is 1. The number of thioether (sulfide) groups is 1. The first-order valence-corrected chi connectivity index (χ1v) is 11.5. The van der Waals surface area contributed by atoms with Gasteiger partial charge in [-0.1, -0.05) is 61.4 Å². The van der Waals surface area contributed by atoms with Gasteiger partial charge in [0, 0.05) is 24.8 Å². The number of rotatable bonds is 11. The molecule has 0 N–H and O–H groups in total. The van der Waals surface area contributed by atoms with Crippen molar-refractivity contribution in [1.29, 1.82) is 0 Å². The normalized spacial score (nSPS) is 15.3. The molecule has 1 aliphatic rings. The highest BCUT2D eigenvalue weighted by Gasteiger charge is 2.34. The number of carbonyl (C=O) groups excluding carboxylic acids is 2. The number of carbonyl (C=O) groups is 2. The highest BCUT2D eigenvalue weighted by molar-refractivity contribution is 7.99. The average Bonchev–Trinajstić information content (AvgIpc) is 3.23. The van der Waals surface area contributed by atoms with E-state index in [1.165, 1.54) is 18.2 Å². The third-order valence-corrected chi connectivity index (χ3v) is 6.23. The van der Waals surface area contributed by atoms with Gasteiger partial charge in [0.05, 0.1) is 0 Å². The molecule has 0 radical (unpaired) electrons. The topological polar surface area (TPSA) is 79.5 Å². The van der Waals surface area contributed by atoms with Crippen LogP contribution in [0.2, 0.25) is 0 Å². The number of benzene rings is 1. The zero-order chi connectivity index (χ0) is 21.3. The van der Waals surface area contributed by atoms with Gasteiger partial charge in [0.2, 0.25) is 12.2 Å². The number of aromatic nitrogens is 2. The van der Waals surface area contributed by atoms with Gasteiger partial charge < -0.3 is 14.2 Å². The van der Waals surface area contributed by atoms with Gasteiger partial charge in [0.15, 0.2) is 0 Å². The van der Waals surface area contributed by atoms with Gasteiger partial charge in [-0.2, -0.15) is 0 Å². The van der Waals surface area contributed by atoms with E-state index in [9.17, 15) is 9.59 Å². The highest BCUT2D eigenvalue weighted by Crippen LogP contribution is 2.26. The van der Waals surface area contributed by atoms with Crippen molar-refractivity contribution in [3.8, 4) is 0 Å². The van der Waals surface area contributed by atoms with Gasteiger partial charge in [-0.3, -0.25) is 9.59 Å². The molecule has 0 aliphatic heterocycles. The molecule has 1 aromatic heterocycles. The number of hydrogen-bond donors (Lipinski definition) is 0. The number of halogens is 1. The van der Waals surface area contributed by atoms with Gasteiger partial charge in [-0.25, -0.2) is 0 Å². The molecule has 1 atom stereocenters. The van der Waals surface area contributed by atoms with Crippen LogP contribution < -0.4 is 0 Å². The smallest absolute Gasteiger partial charge is 0.286 e. The molecule has 31 heavy (non-hydrogen) atoms. The van der Waals surface area contributed by atoms with E-state index in [0.29, 0.717) is 11.6 Å². The first kappa shape index (κ1) is 25.4. The Labute approximate surface area is 194 Å². The van der Waals surface area contributed by atoms with Crippen LogP contribution in [0, 0.1) is 0 Å². The summed E-state index contributed by atoms with van der Waals surface area (Å²) in [5.41, 5.74) is 0.999. The Kier molecular flexibility index (Phi) is 10.5. The van der Waals surface area contributed by atoms with E-state index >= 15 is 0 Å². The molecule has 0 spiro atoms. The summed E-state index contributed by atoms with van der Waals surface area (Å²) in [6.45, 7) is 0.869. The second kappa shape index (κ2) is 12.8. The molecule has 1 heterocycles. The van der Waals surface area contributed by atoms with Crippen LogP contribution in [-0.2, 0) is 11.2 Å². The van der Waals surface area contributed by atoms with Gasteiger partial charge in [-0.05, 0) is 32.5 Å². The van der Waals surface area contributed by atoms with Crippen LogP contribution in [0.1, 0.15) is 48.4 Å². The fourth-order valence-corrected chi connectivity index (χ4v) is 4.66. The van der Waals surface area contributed by atoms with Crippen LogP contribution in [0.25, 0.3) is 0 Å². The van der Waals surface area contributed by atoms with E-state index < -0.39 is 6.04 Å². The van der Waals surface area contributed by atoms with E-state index in [1.54, 1.807) is 4.90 Å². The Morgan fingerprint density at radius 1 is 1.19 bits per heavy atom. The lowest BCUT2D eigenvalue weighted by atomic mass is 9.91. The molecule has 0 saturated heterocycles. The summed E-state index contributed by atoms with van der Waals surface area (Å²) in [5.74, 6) is 0.480. The fraction of sp³-hybridized carbons (Fsp3) is 0.545. The monoisotopic (exact) mass is 466 g/mol. The van der Waals surface area contributed by atoms with Crippen molar-refractivity contribution in [2.24, 2.45) is 0 Å². The Morgan fingerprint density at radius 3 is 2.55 bits per heavy atom. The van der Waals surface area contributed by atoms with Crippen molar-refractivity contribution < 1.29 is 14.0 Å². The quantitative estimate of drug-likeness (QED) is 0.283. The van der Waals surface area contributed by atoms with E-state index in [1.807, 2.05) is 44.4 Å². The van der Waals surface area contributed by atoms with Crippen LogP contribution in [-0.4, -0.2) is 70.7 Å². The Morgan fingerprint density at radius 2 is 1.90 bits per heavy atom. The van der Waals surface area contributed by atoms with Crippen LogP contribution >= 0.6 is 24.2 Å². The van der Waals surface area contributed by atoms with Crippen LogP contribution in [0.5, 0.6) is 0 Å². The van der Waals surface area contributed by atoms with E-state index in [4.69, 9.17) is 4.42 Å². The number of amides is 1. The minimum absolute atomic E-state index is 0. The Bertz CT molecular complexity index is 812. The average molecular weight is 467 g/mol. The zero-order valence-corrected chi connectivity index (χ0v) is 19.7. The van der Waals surface area contributed by atoms with Gasteiger partial charge in [0.25, 0.3) is 11.1 Å². The van der Waals surface area contributed by atoms with Crippen LogP contribution in [0.15, 0.2) is 40.0 Å². The maximum atomic E-state index is 13.4. The maximum absolute atomic E-state index is 13.4. The van der Waals surface area contributed by atoms with Gasteiger partial charge in [-0.15, -0.1) is 22.6 Å². The predicted molar refractivity (Wildman–Crippen MR) is 124 cm³/mol. The predicted octanol–water partition coefficient (Wildman–Crippen LogP) is 3.73. The Hall–Kier alpha value is -1.90. The van der Waals surface area contributed by atoms with E-state index in [2.05, 4.69) is 15.1 Å². The lowest BCUT2D eigenvalue weighted by Gasteiger charge is -2.36. The highest BCUT2D eigenvalue weighted by atomic mass is 35.5. The molecule has 170 valence electrons. The second-order valence-corrected chi connectivity index (χ2v) is 8.99. The molecule has 0 bridgehead atoms. The molecule has 1 aliphatic carbocycles. The molecule has 1 amide bonds. The first-order chi connectivity index (χ1) is 14.6. The largest absolute Gasteiger partial charge is 0.408 e. The molecular formula is C22H31ClN4O3S. The van der Waals surface area contributed by atoms with Gasteiger partial charge in [0.1, 0.15) is 6.04 Å². The molecule has 3 rings (SSSR count).